The number of piperazine rings is 1. The predicted molar refractivity (Wildman–Crippen MR) is 126 cm³/mol. The van der Waals surface area contributed by atoms with Crippen LogP contribution in [0, 0.1) is 0 Å². The molecule has 164 valence electrons. The van der Waals surface area contributed by atoms with E-state index in [9.17, 15) is 4.21 Å². The summed E-state index contributed by atoms with van der Waals surface area (Å²) in [5.41, 5.74) is 2.24. The molecule has 3 atom stereocenters. The Labute approximate surface area is 193 Å². The molecule has 3 fully saturated rings. The van der Waals surface area contributed by atoms with E-state index in [0.717, 1.165) is 78.8 Å². The number of fused-ring (bicyclic) bond motifs is 3. The molecule has 0 spiro atoms. The molecule has 4 aliphatic heterocycles. The third kappa shape index (κ3) is 3.64. The molecule has 2 bridgehead atoms. The average Bonchev–Trinajstić information content (AvgIpc) is 3.49. The van der Waals surface area contributed by atoms with Crippen LogP contribution in [0.3, 0.4) is 0 Å². The Bertz CT molecular complexity index is 1010. The summed E-state index contributed by atoms with van der Waals surface area (Å²) in [5, 5.41) is 3.59. The molecule has 2 aromatic rings. The zero-order valence-corrected chi connectivity index (χ0v) is 19.7. The molecule has 6 rings (SSSR count). The molecule has 9 heteroatoms. The van der Waals surface area contributed by atoms with Crippen LogP contribution >= 0.6 is 15.9 Å². The minimum absolute atomic E-state index is 0.320. The number of hydrogen-bond acceptors (Lipinski definition) is 7. The summed E-state index contributed by atoms with van der Waals surface area (Å²) in [4.78, 5) is 15.6. The van der Waals surface area contributed by atoms with Gasteiger partial charge in [-0.25, -0.2) is 4.98 Å². The van der Waals surface area contributed by atoms with Crippen LogP contribution in [0.2, 0.25) is 0 Å². The Morgan fingerprint density at radius 1 is 1.06 bits per heavy atom. The van der Waals surface area contributed by atoms with Crippen LogP contribution in [0.15, 0.2) is 33.6 Å². The highest BCUT2D eigenvalue weighted by molar-refractivity contribution is 9.10. The maximum atomic E-state index is 12.7. The van der Waals surface area contributed by atoms with E-state index >= 15 is 0 Å². The molecule has 0 aliphatic carbocycles. The van der Waals surface area contributed by atoms with Gasteiger partial charge >= 0.3 is 0 Å². The van der Waals surface area contributed by atoms with E-state index in [-0.39, 0.29) is 0 Å². The van der Waals surface area contributed by atoms with E-state index < -0.39 is 10.8 Å². The third-order valence-electron chi connectivity index (χ3n) is 6.89. The minimum atomic E-state index is -1.01. The van der Waals surface area contributed by atoms with E-state index in [0.29, 0.717) is 23.9 Å². The first-order valence-electron chi connectivity index (χ1n) is 11.1. The van der Waals surface area contributed by atoms with Gasteiger partial charge in [0.1, 0.15) is 10.7 Å². The van der Waals surface area contributed by atoms with Gasteiger partial charge < -0.3 is 19.9 Å². The average molecular weight is 504 g/mol. The van der Waals surface area contributed by atoms with Gasteiger partial charge in [-0.1, -0.05) is 15.9 Å². The SMILES string of the molecule is O=S1CCc2nc(N3CC4CC3CN4c3ccc(Br)cc3)nc(NC3CCOCC3)c21. The van der Waals surface area contributed by atoms with E-state index in [1.165, 1.54) is 5.69 Å². The number of hydrogen-bond donors (Lipinski definition) is 1. The van der Waals surface area contributed by atoms with Crippen molar-refractivity contribution >= 4 is 44.2 Å². The lowest BCUT2D eigenvalue weighted by Crippen LogP contribution is -2.47. The molecule has 7 nitrogen and oxygen atoms in total. The normalized spacial score (nSPS) is 27.7. The van der Waals surface area contributed by atoms with Crippen molar-refractivity contribution in [3.8, 4) is 0 Å². The van der Waals surface area contributed by atoms with Crippen molar-refractivity contribution in [2.45, 2.75) is 48.7 Å². The van der Waals surface area contributed by atoms with Crippen LogP contribution in [0.4, 0.5) is 17.5 Å². The zero-order chi connectivity index (χ0) is 20.9. The second-order valence-electron chi connectivity index (χ2n) is 8.80. The van der Waals surface area contributed by atoms with Gasteiger partial charge in [0.25, 0.3) is 0 Å². The fourth-order valence-corrected chi connectivity index (χ4v) is 6.88. The Morgan fingerprint density at radius 3 is 2.55 bits per heavy atom. The fraction of sp³-hybridized carbons (Fsp3) is 0.545. The van der Waals surface area contributed by atoms with Crippen molar-refractivity contribution in [1.29, 1.82) is 0 Å². The summed E-state index contributed by atoms with van der Waals surface area (Å²) in [7, 11) is -1.01. The van der Waals surface area contributed by atoms with Gasteiger partial charge in [0.05, 0.1) is 22.5 Å². The summed E-state index contributed by atoms with van der Waals surface area (Å²) in [6.07, 6.45) is 3.81. The summed E-state index contributed by atoms with van der Waals surface area (Å²) in [6.45, 7) is 3.45. The van der Waals surface area contributed by atoms with Crippen molar-refractivity contribution in [1.82, 2.24) is 9.97 Å². The molecule has 5 heterocycles. The molecular formula is C22H26BrN5O2S. The number of nitrogens with one attached hydrogen (secondary N) is 1. The lowest BCUT2D eigenvalue weighted by molar-refractivity contribution is 0.0903. The van der Waals surface area contributed by atoms with Crippen LogP contribution in [-0.2, 0) is 22.0 Å². The maximum Gasteiger partial charge on any atom is 0.227 e. The fourth-order valence-electron chi connectivity index (χ4n) is 5.31. The van der Waals surface area contributed by atoms with Gasteiger partial charge in [-0.3, -0.25) is 4.21 Å². The van der Waals surface area contributed by atoms with Gasteiger partial charge in [0, 0.05) is 60.7 Å². The maximum absolute atomic E-state index is 12.7. The number of halogens is 1. The number of benzene rings is 1. The van der Waals surface area contributed by atoms with E-state index in [1.807, 2.05) is 0 Å². The van der Waals surface area contributed by atoms with Crippen molar-refractivity contribution in [2.24, 2.45) is 0 Å². The van der Waals surface area contributed by atoms with Crippen LogP contribution in [0.25, 0.3) is 0 Å². The van der Waals surface area contributed by atoms with E-state index in [2.05, 4.69) is 55.3 Å². The number of aromatic nitrogens is 2. The number of aryl methyl sites for hydroxylation is 1. The lowest BCUT2D eigenvalue weighted by atomic mass is 10.1. The molecule has 1 N–H and O–H groups in total. The number of anilines is 3. The van der Waals surface area contributed by atoms with Gasteiger partial charge in [0.2, 0.25) is 5.95 Å². The highest BCUT2D eigenvalue weighted by Crippen LogP contribution is 2.38. The minimum Gasteiger partial charge on any atom is -0.381 e. The van der Waals surface area contributed by atoms with Gasteiger partial charge in [-0.15, -0.1) is 0 Å². The van der Waals surface area contributed by atoms with Gasteiger partial charge in [0.15, 0.2) is 0 Å². The number of nitrogens with zero attached hydrogens (tertiary/aromatic N) is 4. The largest absolute Gasteiger partial charge is 0.381 e. The molecule has 1 aromatic carbocycles. The molecule has 0 radical (unpaired) electrons. The number of rotatable bonds is 4. The third-order valence-corrected chi connectivity index (χ3v) is 8.88. The smallest absolute Gasteiger partial charge is 0.227 e. The Hall–Kier alpha value is -1.71. The lowest BCUT2D eigenvalue weighted by Gasteiger charge is -2.36. The second kappa shape index (κ2) is 8.01. The van der Waals surface area contributed by atoms with Crippen molar-refractivity contribution in [2.75, 3.05) is 47.2 Å². The van der Waals surface area contributed by atoms with Crippen LogP contribution < -0.4 is 15.1 Å². The monoisotopic (exact) mass is 503 g/mol. The Balaban J connectivity index is 1.26. The topological polar surface area (TPSA) is 70.6 Å². The van der Waals surface area contributed by atoms with E-state index in [1.54, 1.807) is 0 Å². The first-order valence-corrected chi connectivity index (χ1v) is 13.2. The van der Waals surface area contributed by atoms with Crippen molar-refractivity contribution in [3.05, 3.63) is 34.4 Å². The molecular weight excluding hydrogens is 478 g/mol. The molecule has 3 unspecified atom stereocenters. The zero-order valence-electron chi connectivity index (χ0n) is 17.3. The standard InChI is InChI=1S/C22H26BrN5O2S/c23-14-1-3-16(4-2-14)27-12-18-11-17(27)13-28(18)22-25-19-7-10-31(29)20(19)21(26-22)24-15-5-8-30-9-6-15/h1-4,15,17-18H,5-13H2,(H,24,25,26). The summed E-state index contributed by atoms with van der Waals surface area (Å²) < 4.78 is 19.3. The molecule has 31 heavy (non-hydrogen) atoms. The molecule has 1 aromatic heterocycles. The molecule has 0 saturated carbocycles. The van der Waals surface area contributed by atoms with Crippen molar-refractivity contribution in [3.63, 3.8) is 0 Å². The quantitative estimate of drug-likeness (QED) is 0.687. The van der Waals surface area contributed by atoms with Crippen LogP contribution in [0.5, 0.6) is 0 Å². The highest BCUT2D eigenvalue weighted by atomic mass is 79.9. The highest BCUT2D eigenvalue weighted by Gasteiger charge is 2.45. The van der Waals surface area contributed by atoms with Crippen molar-refractivity contribution < 1.29 is 8.95 Å². The molecule has 4 aliphatic rings. The second-order valence-corrected chi connectivity index (χ2v) is 11.2. The first-order chi connectivity index (χ1) is 15.2. The summed E-state index contributed by atoms with van der Waals surface area (Å²) >= 11 is 3.53. The first kappa shape index (κ1) is 19.9. The molecule has 3 saturated heterocycles. The number of ether oxygens (including phenoxy) is 1. The summed E-state index contributed by atoms with van der Waals surface area (Å²) in [6, 6.07) is 9.80. The van der Waals surface area contributed by atoms with Gasteiger partial charge in [-0.2, -0.15) is 4.98 Å². The van der Waals surface area contributed by atoms with Gasteiger partial charge in [-0.05, 0) is 43.5 Å². The summed E-state index contributed by atoms with van der Waals surface area (Å²) in [5.74, 6) is 2.24. The van der Waals surface area contributed by atoms with Crippen LogP contribution in [0.1, 0.15) is 25.0 Å². The predicted octanol–water partition coefficient (Wildman–Crippen LogP) is 2.96. The molecule has 0 amide bonds. The van der Waals surface area contributed by atoms with Crippen LogP contribution in [-0.4, -0.2) is 64.4 Å². The Kier molecular flexibility index (Phi) is 5.15. The Morgan fingerprint density at radius 2 is 1.81 bits per heavy atom. The van der Waals surface area contributed by atoms with E-state index in [4.69, 9.17) is 14.7 Å².